The van der Waals surface area contributed by atoms with Gasteiger partial charge in [-0.05, 0) is 51.3 Å². The first-order chi connectivity index (χ1) is 11.8. The Morgan fingerprint density at radius 2 is 1.96 bits per heavy atom. The topological polar surface area (TPSA) is 47.4 Å². The van der Waals surface area contributed by atoms with Crippen LogP contribution >= 0.6 is 15.9 Å². The largest absolute Gasteiger partial charge is 0.444 e. The first kappa shape index (κ1) is 18.0. The van der Waals surface area contributed by atoms with E-state index < -0.39 is 5.60 Å². The van der Waals surface area contributed by atoms with E-state index in [4.69, 9.17) is 4.74 Å². The molecule has 0 N–H and O–H groups in total. The van der Waals surface area contributed by atoms with Gasteiger partial charge in [-0.3, -0.25) is 4.68 Å². The summed E-state index contributed by atoms with van der Waals surface area (Å²) in [5.41, 5.74) is 1.80. The third-order valence-corrected chi connectivity index (χ3v) is 4.74. The lowest BCUT2D eigenvalue weighted by Crippen LogP contribution is -2.42. The minimum Gasteiger partial charge on any atom is -0.444 e. The van der Waals surface area contributed by atoms with Crippen molar-refractivity contribution in [2.75, 3.05) is 13.1 Å². The zero-order valence-electron chi connectivity index (χ0n) is 14.9. The SMILES string of the molecule is CC(C)(C)OC(=O)N1CCC(n2cc(-c3cccc(Br)c3)cn2)CC1. The molecule has 134 valence electrons. The lowest BCUT2D eigenvalue weighted by atomic mass is 10.1. The molecule has 1 aliphatic rings. The molecule has 0 radical (unpaired) electrons. The summed E-state index contributed by atoms with van der Waals surface area (Å²) in [6.45, 7) is 7.08. The third-order valence-electron chi connectivity index (χ3n) is 4.25. The van der Waals surface area contributed by atoms with Gasteiger partial charge in [-0.1, -0.05) is 28.1 Å². The van der Waals surface area contributed by atoms with E-state index in [-0.39, 0.29) is 6.09 Å². The summed E-state index contributed by atoms with van der Waals surface area (Å²) in [5, 5.41) is 4.54. The fourth-order valence-corrected chi connectivity index (χ4v) is 3.39. The molecule has 2 heterocycles. The first-order valence-electron chi connectivity index (χ1n) is 8.60. The minimum absolute atomic E-state index is 0.221. The van der Waals surface area contributed by atoms with Crippen molar-refractivity contribution in [1.29, 1.82) is 0 Å². The zero-order chi connectivity index (χ0) is 18.0. The van der Waals surface area contributed by atoms with Crippen LogP contribution in [-0.2, 0) is 4.74 Å². The van der Waals surface area contributed by atoms with Crippen molar-refractivity contribution >= 4 is 22.0 Å². The van der Waals surface area contributed by atoms with E-state index in [0.29, 0.717) is 19.1 Å². The summed E-state index contributed by atoms with van der Waals surface area (Å²) in [6, 6.07) is 8.53. The van der Waals surface area contributed by atoms with Crippen LogP contribution < -0.4 is 0 Å². The van der Waals surface area contributed by atoms with Gasteiger partial charge in [0.25, 0.3) is 0 Å². The quantitative estimate of drug-likeness (QED) is 0.714. The summed E-state index contributed by atoms with van der Waals surface area (Å²) in [7, 11) is 0. The van der Waals surface area contributed by atoms with E-state index in [1.165, 1.54) is 0 Å². The maximum Gasteiger partial charge on any atom is 0.410 e. The highest BCUT2D eigenvalue weighted by Gasteiger charge is 2.27. The van der Waals surface area contributed by atoms with Gasteiger partial charge in [0.05, 0.1) is 12.2 Å². The summed E-state index contributed by atoms with van der Waals surface area (Å²) < 4.78 is 8.54. The van der Waals surface area contributed by atoms with E-state index in [9.17, 15) is 4.79 Å². The normalized spacial score (nSPS) is 16.1. The second-order valence-corrected chi connectivity index (χ2v) is 8.33. The molecule has 3 rings (SSSR count). The van der Waals surface area contributed by atoms with Gasteiger partial charge in [0.15, 0.2) is 0 Å². The number of hydrogen-bond acceptors (Lipinski definition) is 3. The molecule has 0 spiro atoms. The Labute approximate surface area is 157 Å². The molecule has 0 unspecified atom stereocenters. The van der Waals surface area contributed by atoms with Crippen LogP contribution in [0.1, 0.15) is 39.7 Å². The Kier molecular flexibility index (Phi) is 5.18. The van der Waals surface area contributed by atoms with Crippen molar-refractivity contribution < 1.29 is 9.53 Å². The van der Waals surface area contributed by atoms with E-state index in [0.717, 1.165) is 28.4 Å². The molecule has 25 heavy (non-hydrogen) atoms. The number of piperidine rings is 1. The number of halogens is 1. The van der Waals surface area contributed by atoms with E-state index in [1.54, 1.807) is 4.90 Å². The van der Waals surface area contributed by atoms with Gasteiger partial charge in [-0.25, -0.2) is 4.79 Å². The molecule has 1 aliphatic heterocycles. The van der Waals surface area contributed by atoms with Crippen LogP contribution in [0.25, 0.3) is 11.1 Å². The summed E-state index contributed by atoms with van der Waals surface area (Å²) in [4.78, 5) is 13.9. The van der Waals surface area contributed by atoms with Crippen molar-refractivity contribution in [3.8, 4) is 11.1 Å². The molecule has 2 aromatic rings. The van der Waals surface area contributed by atoms with E-state index in [2.05, 4.69) is 39.4 Å². The Morgan fingerprint density at radius 1 is 1.24 bits per heavy atom. The first-order valence-corrected chi connectivity index (χ1v) is 9.39. The van der Waals surface area contributed by atoms with Crippen LogP contribution in [0.3, 0.4) is 0 Å². The average molecular weight is 406 g/mol. The molecule has 6 heteroatoms. The number of rotatable bonds is 2. The highest BCUT2D eigenvalue weighted by Crippen LogP contribution is 2.27. The number of amides is 1. The molecule has 0 atom stereocenters. The highest BCUT2D eigenvalue weighted by molar-refractivity contribution is 9.10. The van der Waals surface area contributed by atoms with Gasteiger partial charge in [-0.2, -0.15) is 5.10 Å². The molecule has 0 aliphatic carbocycles. The molecule has 1 amide bonds. The Morgan fingerprint density at radius 3 is 2.60 bits per heavy atom. The molecular weight excluding hydrogens is 382 g/mol. The maximum atomic E-state index is 12.2. The van der Waals surface area contributed by atoms with Gasteiger partial charge < -0.3 is 9.64 Å². The number of carbonyl (C=O) groups is 1. The maximum absolute atomic E-state index is 12.2. The van der Waals surface area contributed by atoms with Gasteiger partial charge in [-0.15, -0.1) is 0 Å². The highest BCUT2D eigenvalue weighted by atomic mass is 79.9. The molecule has 1 aromatic carbocycles. The lowest BCUT2D eigenvalue weighted by Gasteiger charge is -2.33. The predicted octanol–water partition coefficient (Wildman–Crippen LogP) is 4.88. The molecule has 0 saturated carbocycles. The predicted molar refractivity (Wildman–Crippen MR) is 101 cm³/mol. The number of hydrogen-bond donors (Lipinski definition) is 0. The minimum atomic E-state index is -0.450. The smallest absolute Gasteiger partial charge is 0.410 e. The van der Waals surface area contributed by atoms with Crippen LogP contribution in [0.5, 0.6) is 0 Å². The fourth-order valence-electron chi connectivity index (χ4n) is 2.99. The number of aromatic nitrogens is 2. The summed E-state index contributed by atoms with van der Waals surface area (Å²) in [6.07, 6.45) is 5.55. The summed E-state index contributed by atoms with van der Waals surface area (Å²) in [5.74, 6) is 0. The van der Waals surface area contributed by atoms with Crippen molar-refractivity contribution in [3.05, 3.63) is 41.1 Å². The number of ether oxygens (including phenoxy) is 1. The Bertz CT molecular complexity index is 743. The lowest BCUT2D eigenvalue weighted by molar-refractivity contribution is 0.0185. The summed E-state index contributed by atoms with van der Waals surface area (Å²) >= 11 is 3.51. The third kappa shape index (κ3) is 4.63. The van der Waals surface area contributed by atoms with Crippen LogP contribution in [0, 0.1) is 0 Å². The van der Waals surface area contributed by atoms with Crippen molar-refractivity contribution in [3.63, 3.8) is 0 Å². The van der Waals surface area contributed by atoms with Gasteiger partial charge in [0.1, 0.15) is 5.60 Å². The number of benzene rings is 1. The average Bonchev–Trinajstić information content (AvgIpc) is 3.03. The standard InChI is InChI=1S/C19H24BrN3O2/c1-19(2,3)25-18(24)22-9-7-17(8-10-22)23-13-15(12-21-23)14-5-4-6-16(20)11-14/h4-6,11-13,17H,7-10H2,1-3H3. The van der Waals surface area contributed by atoms with Crippen LogP contribution in [0.4, 0.5) is 4.79 Å². The molecule has 0 bridgehead atoms. The number of carbonyl (C=O) groups excluding carboxylic acids is 1. The Hall–Kier alpha value is -1.82. The zero-order valence-corrected chi connectivity index (χ0v) is 16.5. The van der Waals surface area contributed by atoms with E-state index >= 15 is 0 Å². The van der Waals surface area contributed by atoms with Crippen molar-refractivity contribution in [2.24, 2.45) is 0 Å². The van der Waals surface area contributed by atoms with Crippen LogP contribution in [-0.4, -0.2) is 39.5 Å². The van der Waals surface area contributed by atoms with Gasteiger partial charge in [0, 0.05) is 29.3 Å². The number of nitrogens with zero attached hydrogens (tertiary/aromatic N) is 3. The monoisotopic (exact) mass is 405 g/mol. The fraction of sp³-hybridized carbons (Fsp3) is 0.474. The number of likely N-dealkylation sites (tertiary alicyclic amines) is 1. The molecule has 5 nitrogen and oxygen atoms in total. The van der Waals surface area contributed by atoms with Gasteiger partial charge >= 0.3 is 6.09 Å². The molecular formula is C19H24BrN3O2. The van der Waals surface area contributed by atoms with Crippen LogP contribution in [0.2, 0.25) is 0 Å². The molecule has 1 fully saturated rings. The second-order valence-electron chi connectivity index (χ2n) is 7.42. The Balaban J connectivity index is 1.61. The second kappa shape index (κ2) is 7.20. The molecule has 1 aromatic heterocycles. The van der Waals surface area contributed by atoms with Crippen molar-refractivity contribution in [2.45, 2.75) is 45.3 Å². The van der Waals surface area contributed by atoms with Crippen molar-refractivity contribution in [1.82, 2.24) is 14.7 Å². The van der Waals surface area contributed by atoms with E-state index in [1.807, 2.05) is 43.8 Å². The van der Waals surface area contributed by atoms with Gasteiger partial charge in [0.2, 0.25) is 0 Å². The van der Waals surface area contributed by atoms with Crippen LogP contribution in [0.15, 0.2) is 41.1 Å². The molecule has 1 saturated heterocycles.